The van der Waals surface area contributed by atoms with Gasteiger partial charge in [0.2, 0.25) is 5.91 Å². The lowest BCUT2D eigenvalue weighted by Gasteiger charge is -2.28. The number of nitrogens with two attached hydrogens (primary N) is 1. The molecule has 1 aliphatic rings. The zero-order valence-electron chi connectivity index (χ0n) is 20.9. The highest BCUT2D eigenvalue weighted by molar-refractivity contribution is 5.77. The van der Waals surface area contributed by atoms with E-state index >= 15 is 0 Å². The third-order valence-corrected chi connectivity index (χ3v) is 6.48. The van der Waals surface area contributed by atoms with E-state index in [4.69, 9.17) is 10.8 Å². The molecular formula is C24H44N4O7. The second-order valence-electron chi connectivity index (χ2n) is 9.62. The van der Waals surface area contributed by atoms with Crippen molar-refractivity contribution in [1.82, 2.24) is 14.7 Å². The Morgan fingerprint density at radius 2 is 1.00 bits per heavy atom. The van der Waals surface area contributed by atoms with Gasteiger partial charge in [-0.2, -0.15) is 0 Å². The first-order valence-electron chi connectivity index (χ1n) is 12.8. The molecule has 0 atom stereocenters. The lowest BCUT2D eigenvalue weighted by Crippen LogP contribution is -2.45. The molecule has 0 aliphatic heterocycles. The molecule has 202 valence electrons. The van der Waals surface area contributed by atoms with E-state index in [-0.39, 0.29) is 39.3 Å². The number of aliphatic carboxylic acids is 3. The minimum Gasteiger partial charge on any atom is -0.480 e. The molecule has 1 amide bonds. The predicted octanol–water partition coefficient (Wildman–Crippen LogP) is 1.16. The number of nitrogens with zero attached hydrogens (tertiary/aromatic N) is 3. The van der Waals surface area contributed by atoms with Crippen molar-refractivity contribution in [3.8, 4) is 0 Å². The molecule has 0 saturated heterocycles. The zero-order valence-corrected chi connectivity index (χ0v) is 20.9. The van der Waals surface area contributed by atoms with Crippen molar-refractivity contribution in [3.63, 3.8) is 0 Å². The van der Waals surface area contributed by atoms with Crippen LogP contribution in [0, 0.1) is 5.92 Å². The number of carbonyl (C=O) groups is 4. The fourth-order valence-corrected chi connectivity index (χ4v) is 4.72. The molecule has 0 aromatic heterocycles. The highest BCUT2D eigenvalue weighted by Crippen LogP contribution is 2.25. The summed E-state index contributed by atoms with van der Waals surface area (Å²) in [6, 6.07) is 0. The maximum atomic E-state index is 11.4. The van der Waals surface area contributed by atoms with Crippen LogP contribution >= 0.6 is 0 Å². The minimum atomic E-state index is -1.11. The van der Waals surface area contributed by atoms with E-state index in [1.54, 1.807) is 4.90 Å². The Balaban J connectivity index is 2.60. The molecule has 0 aromatic rings. The third kappa shape index (κ3) is 16.9. The van der Waals surface area contributed by atoms with Crippen LogP contribution in [0.25, 0.3) is 0 Å². The molecular weight excluding hydrogens is 456 g/mol. The Bertz CT molecular complexity index is 636. The largest absolute Gasteiger partial charge is 0.480 e. The maximum absolute atomic E-state index is 11.4. The molecule has 1 aliphatic carbocycles. The normalized spacial score (nSPS) is 15.6. The predicted molar refractivity (Wildman–Crippen MR) is 131 cm³/mol. The molecule has 11 heteroatoms. The molecule has 0 unspecified atom stereocenters. The summed E-state index contributed by atoms with van der Waals surface area (Å²) in [5, 5.41) is 27.6. The van der Waals surface area contributed by atoms with Crippen LogP contribution in [-0.2, 0) is 19.2 Å². The summed E-state index contributed by atoms with van der Waals surface area (Å²) < 4.78 is 0. The van der Waals surface area contributed by atoms with Gasteiger partial charge in [-0.15, -0.1) is 0 Å². The molecule has 0 spiro atoms. The summed E-state index contributed by atoms with van der Waals surface area (Å²) in [6.07, 6.45) is 12.2. The molecule has 0 heterocycles. The lowest BCUT2D eigenvalue weighted by atomic mass is 9.92. The number of carbonyl (C=O) groups excluding carboxylic acids is 1. The number of carboxylic acid groups (broad SMARTS) is 3. The van der Waals surface area contributed by atoms with Crippen molar-refractivity contribution >= 4 is 23.8 Å². The van der Waals surface area contributed by atoms with Crippen LogP contribution in [0.2, 0.25) is 0 Å². The van der Waals surface area contributed by atoms with Gasteiger partial charge in [0.15, 0.2) is 0 Å². The molecule has 11 nitrogen and oxygen atoms in total. The number of hydrogen-bond donors (Lipinski definition) is 4. The summed E-state index contributed by atoms with van der Waals surface area (Å²) in [6.45, 7) is 0.726. The molecule has 5 N–H and O–H groups in total. The highest BCUT2D eigenvalue weighted by atomic mass is 16.4. The summed E-state index contributed by atoms with van der Waals surface area (Å²) in [5.74, 6) is -3.04. The van der Waals surface area contributed by atoms with E-state index in [0.29, 0.717) is 25.6 Å². The van der Waals surface area contributed by atoms with Gasteiger partial charge in [0.25, 0.3) is 0 Å². The van der Waals surface area contributed by atoms with Crippen LogP contribution in [0.1, 0.15) is 64.2 Å². The van der Waals surface area contributed by atoms with Crippen molar-refractivity contribution in [2.24, 2.45) is 11.7 Å². The van der Waals surface area contributed by atoms with Gasteiger partial charge in [-0.1, -0.05) is 51.4 Å². The molecule has 0 radical (unpaired) electrons. The number of rotatable bonds is 18. The second-order valence-corrected chi connectivity index (χ2v) is 9.62. The average Bonchev–Trinajstić information content (AvgIpc) is 2.87. The zero-order chi connectivity index (χ0) is 26.1. The van der Waals surface area contributed by atoms with Crippen LogP contribution in [0.4, 0.5) is 0 Å². The number of primary amides is 1. The first-order chi connectivity index (χ1) is 16.7. The van der Waals surface area contributed by atoms with Gasteiger partial charge in [-0.05, 0) is 25.3 Å². The average molecular weight is 501 g/mol. The van der Waals surface area contributed by atoms with Gasteiger partial charge in [-0.3, -0.25) is 33.9 Å². The fraction of sp³-hybridized carbons (Fsp3) is 0.833. The topological polar surface area (TPSA) is 165 Å². The molecule has 0 bridgehead atoms. The number of amides is 1. The van der Waals surface area contributed by atoms with E-state index in [2.05, 4.69) is 0 Å². The van der Waals surface area contributed by atoms with E-state index in [1.165, 1.54) is 56.3 Å². The first-order valence-corrected chi connectivity index (χ1v) is 12.8. The van der Waals surface area contributed by atoms with E-state index < -0.39 is 23.8 Å². The molecule has 1 fully saturated rings. The van der Waals surface area contributed by atoms with Gasteiger partial charge in [-0.25, -0.2) is 0 Å². The standard InChI is InChI=1S/C24H44N4O7/c25-21(29)16-28(19-24(34)35)15-14-27(18-23(32)33)13-12-26(17-22(30)31)11-7-10-20-8-5-3-1-2-4-6-9-20/h20H,1-19H2,(H2,25,29)(H,30,31)(H,32,33)(H,34,35). The van der Waals surface area contributed by atoms with E-state index in [0.717, 1.165) is 12.8 Å². The molecule has 1 saturated carbocycles. The van der Waals surface area contributed by atoms with Crippen molar-refractivity contribution in [2.75, 3.05) is 58.9 Å². The minimum absolute atomic E-state index is 0.113. The summed E-state index contributed by atoms with van der Waals surface area (Å²) in [7, 11) is 0. The van der Waals surface area contributed by atoms with Crippen LogP contribution in [-0.4, -0.2) is 113 Å². The SMILES string of the molecule is NC(=O)CN(CCN(CCN(CCCC1CCCCCCCC1)CC(=O)O)CC(=O)O)CC(=O)O. The van der Waals surface area contributed by atoms with Crippen molar-refractivity contribution in [3.05, 3.63) is 0 Å². The summed E-state index contributed by atoms with van der Waals surface area (Å²) in [4.78, 5) is 49.8. The Morgan fingerprint density at radius 3 is 1.46 bits per heavy atom. The third-order valence-electron chi connectivity index (χ3n) is 6.48. The first kappa shape index (κ1) is 30.8. The van der Waals surface area contributed by atoms with Crippen LogP contribution < -0.4 is 5.73 Å². The molecule has 35 heavy (non-hydrogen) atoms. The number of hydrogen-bond acceptors (Lipinski definition) is 7. The van der Waals surface area contributed by atoms with Gasteiger partial charge in [0.05, 0.1) is 26.2 Å². The van der Waals surface area contributed by atoms with Crippen molar-refractivity contribution in [1.29, 1.82) is 0 Å². The molecule has 0 aromatic carbocycles. The number of carboxylic acids is 3. The monoisotopic (exact) mass is 500 g/mol. The van der Waals surface area contributed by atoms with Gasteiger partial charge >= 0.3 is 17.9 Å². The summed E-state index contributed by atoms with van der Waals surface area (Å²) in [5.41, 5.74) is 5.18. The van der Waals surface area contributed by atoms with Crippen LogP contribution in [0.3, 0.4) is 0 Å². The Kier molecular flexibility index (Phi) is 15.9. The smallest absolute Gasteiger partial charge is 0.317 e. The van der Waals surface area contributed by atoms with Crippen molar-refractivity contribution in [2.45, 2.75) is 64.2 Å². The van der Waals surface area contributed by atoms with Crippen molar-refractivity contribution < 1.29 is 34.5 Å². The quantitative estimate of drug-likeness (QED) is 0.215. The van der Waals surface area contributed by atoms with Gasteiger partial charge < -0.3 is 21.1 Å². The fourth-order valence-electron chi connectivity index (χ4n) is 4.72. The second kappa shape index (κ2) is 18.1. The Labute approximate surface area is 208 Å². The van der Waals surface area contributed by atoms with E-state index in [1.807, 2.05) is 4.90 Å². The van der Waals surface area contributed by atoms with Gasteiger partial charge in [0, 0.05) is 26.2 Å². The van der Waals surface area contributed by atoms with Crippen LogP contribution in [0.5, 0.6) is 0 Å². The van der Waals surface area contributed by atoms with Crippen LogP contribution in [0.15, 0.2) is 0 Å². The van der Waals surface area contributed by atoms with Gasteiger partial charge in [0.1, 0.15) is 0 Å². The Hall–Kier alpha value is -2.24. The van der Waals surface area contributed by atoms with E-state index in [9.17, 15) is 29.4 Å². The highest BCUT2D eigenvalue weighted by Gasteiger charge is 2.18. The Morgan fingerprint density at radius 1 is 0.600 bits per heavy atom. The summed E-state index contributed by atoms with van der Waals surface area (Å²) >= 11 is 0. The lowest BCUT2D eigenvalue weighted by molar-refractivity contribution is -0.140. The maximum Gasteiger partial charge on any atom is 0.317 e. The molecule has 1 rings (SSSR count).